The fourth-order valence-corrected chi connectivity index (χ4v) is 0.838. The van der Waals surface area contributed by atoms with Crippen molar-refractivity contribution in [1.29, 1.82) is 0 Å². The van der Waals surface area contributed by atoms with Gasteiger partial charge >= 0.3 is 0 Å². The zero-order chi connectivity index (χ0) is 7.40. The lowest BCUT2D eigenvalue weighted by Gasteiger charge is -2.07. The van der Waals surface area contributed by atoms with Crippen LogP contribution in [0.2, 0.25) is 0 Å². The monoisotopic (exact) mass is 142 g/mol. The van der Waals surface area contributed by atoms with E-state index in [4.69, 9.17) is 4.74 Å². The lowest BCUT2D eigenvalue weighted by Crippen LogP contribution is -2.06. The molecule has 0 saturated heterocycles. The Morgan fingerprint density at radius 2 is 2.20 bits per heavy atom. The standard InChI is InChI=1S/C9H18O/c1-3-8(2)6-10-7-9-4-5-9/h8-9H,3-7H2,1-2H3. The number of ether oxygens (including phenoxy) is 1. The largest absolute Gasteiger partial charge is 0.381 e. The molecule has 0 aliphatic heterocycles. The van der Waals surface area contributed by atoms with Crippen LogP contribution in [-0.2, 0) is 4.74 Å². The first-order chi connectivity index (χ1) is 4.83. The molecule has 1 rings (SSSR count). The minimum absolute atomic E-state index is 0.749. The van der Waals surface area contributed by atoms with Crippen molar-refractivity contribution in [2.75, 3.05) is 13.2 Å². The average molecular weight is 142 g/mol. The maximum absolute atomic E-state index is 5.51. The molecule has 1 fully saturated rings. The zero-order valence-corrected chi connectivity index (χ0v) is 7.10. The van der Waals surface area contributed by atoms with Crippen LogP contribution in [0.5, 0.6) is 0 Å². The van der Waals surface area contributed by atoms with Gasteiger partial charge in [-0.3, -0.25) is 0 Å². The summed E-state index contributed by atoms with van der Waals surface area (Å²) < 4.78 is 5.51. The van der Waals surface area contributed by atoms with E-state index in [-0.39, 0.29) is 0 Å². The molecule has 1 atom stereocenters. The zero-order valence-electron chi connectivity index (χ0n) is 7.10. The van der Waals surface area contributed by atoms with Gasteiger partial charge in [-0.25, -0.2) is 0 Å². The van der Waals surface area contributed by atoms with Crippen molar-refractivity contribution in [3.63, 3.8) is 0 Å². The topological polar surface area (TPSA) is 9.23 Å². The molecule has 1 heteroatoms. The minimum atomic E-state index is 0.749. The molecule has 1 aliphatic carbocycles. The smallest absolute Gasteiger partial charge is 0.0494 e. The molecule has 1 aliphatic rings. The second-order valence-electron chi connectivity index (χ2n) is 3.49. The summed E-state index contributed by atoms with van der Waals surface area (Å²) in [4.78, 5) is 0. The van der Waals surface area contributed by atoms with E-state index in [9.17, 15) is 0 Å². The Bertz CT molecular complexity index is 86.7. The fraction of sp³-hybridized carbons (Fsp3) is 1.00. The molecule has 1 saturated carbocycles. The van der Waals surface area contributed by atoms with Gasteiger partial charge < -0.3 is 4.74 Å². The van der Waals surface area contributed by atoms with Crippen molar-refractivity contribution < 1.29 is 4.74 Å². The van der Waals surface area contributed by atoms with E-state index >= 15 is 0 Å². The lowest BCUT2D eigenvalue weighted by molar-refractivity contribution is 0.0952. The van der Waals surface area contributed by atoms with Crippen molar-refractivity contribution in [2.45, 2.75) is 33.1 Å². The fourth-order valence-electron chi connectivity index (χ4n) is 0.838. The minimum Gasteiger partial charge on any atom is -0.381 e. The second kappa shape index (κ2) is 3.97. The van der Waals surface area contributed by atoms with Crippen LogP contribution in [0.1, 0.15) is 33.1 Å². The van der Waals surface area contributed by atoms with Crippen molar-refractivity contribution in [2.24, 2.45) is 11.8 Å². The molecule has 1 unspecified atom stereocenters. The first kappa shape index (κ1) is 8.06. The van der Waals surface area contributed by atoms with Gasteiger partial charge in [0.15, 0.2) is 0 Å². The third-order valence-electron chi connectivity index (χ3n) is 2.15. The summed E-state index contributed by atoms with van der Waals surface area (Å²) in [5.74, 6) is 1.67. The number of hydrogen-bond donors (Lipinski definition) is 0. The normalized spacial score (nSPS) is 21.0. The summed E-state index contributed by atoms with van der Waals surface area (Å²) in [6.45, 7) is 6.44. The van der Waals surface area contributed by atoms with Gasteiger partial charge in [0.2, 0.25) is 0 Å². The molecule has 10 heavy (non-hydrogen) atoms. The summed E-state index contributed by atoms with van der Waals surface area (Å²) in [5, 5.41) is 0. The van der Waals surface area contributed by atoms with Crippen molar-refractivity contribution in [3.8, 4) is 0 Å². The van der Waals surface area contributed by atoms with Gasteiger partial charge in [0.25, 0.3) is 0 Å². The van der Waals surface area contributed by atoms with Crippen molar-refractivity contribution in [3.05, 3.63) is 0 Å². The van der Waals surface area contributed by atoms with Crippen LogP contribution in [0.25, 0.3) is 0 Å². The highest BCUT2D eigenvalue weighted by molar-refractivity contribution is 4.71. The van der Waals surface area contributed by atoms with E-state index in [1.165, 1.54) is 19.3 Å². The summed E-state index contributed by atoms with van der Waals surface area (Å²) in [7, 11) is 0. The number of hydrogen-bond acceptors (Lipinski definition) is 1. The Kier molecular flexibility index (Phi) is 3.20. The highest BCUT2D eigenvalue weighted by Crippen LogP contribution is 2.28. The van der Waals surface area contributed by atoms with Gasteiger partial charge in [0.05, 0.1) is 0 Å². The Balaban J connectivity index is 1.83. The van der Waals surface area contributed by atoms with Gasteiger partial charge in [0.1, 0.15) is 0 Å². The Hall–Kier alpha value is -0.0400. The van der Waals surface area contributed by atoms with Crippen LogP contribution in [0.4, 0.5) is 0 Å². The quantitative estimate of drug-likeness (QED) is 0.573. The molecular formula is C9H18O. The third kappa shape index (κ3) is 3.21. The summed E-state index contributed by atoms with van der Waals surface area (Å²) in [5.41, 5.74) is 0. The molecule has 0 spiro atoms. The molecule has 60 valence electrons. The maximum atomic E-state index is 5.51. The van der Waals surface area contributed by atoms with Crippen LogP contribution >= 0.6 is 0 Å². The average Bonchev–Trinajstić information content (AvgIpc) is 2.71. The predicted molar refractivity (Wildman–Crippen MR) is 43.0 cm³/mol. The van der Waals surface area contributed by atoms with E-state index in [2.05, 4.69) is 13.8 Å². The van der Waals surface area contributed by atoms with Crippen molar-refractivity contribution in [1.82, 2.24) is 0 Å². The van der Waals surface area contributed by atoms with Gasteiger partial charge in [-0.1, -0.05) is 20.3 Å². The van der Waals surface area contributed by atoms with E-state index in [0.717, 1.165) is 25.0 Å². The van der Waals surface area contributed by atoms with Crippen molar-refractivity contribution >= 4 is 0 Å². The van der Waals surface area contributed by atoms with E-state index < -0.39 is 0 Å². The van der Waals surface area contributed by atoms with Gasteiger partial charge in [-0.05, 0) is 24.7 Å². The summed E-state index contributed by atoms with van der Waals surface area (Å²) >= 11 is 0. The molecule has 0 aromatic carbocycles. The molecule has 0 N–H and O–H groups in total. The van der Waals surface area contributed by atoms with Gasteiger partial charge in [-0.15, -0.1) is 0 Å². The van der Waals surface area contributed by atoms with Crippen LogP contribution in [0.3, 0.4) is 0 Å². The third-order valence-corrected chi connectivity index (χ3v) is 2.15. The molecule has 0 heterocycles. The van der Waals surface area contributed by atoms with Crippen LogP contribution in [0.15, 0.2) is 0 Å². The van der Waals surface area contributed by atoms with E-state index in [1.54, 1.807) is 0 Å². The van der Waals surface area contributed by atoms with E-state index in [1.807, 2.05) is 0 Å². The number of rotatable bonds is 5. The molecule has 0 amide bonds. The maximum Gasteiger partial charge on any atom is 0.0494 e. The first-order valence-electron chi connectivity index (χ1n) is 4.40. The lowest BCUT2D eigenvalue weighted by atomic mass is 10.1. The van der Waals surface area contributed by atoms with Crippen LogP contribution in [-0.4, -0.2) is 13.2 Å². The molecular weight excluding hydrogens is 124 g/mol. The highest BCUT2D eigenvalue weighted by Gasteiger charge is 2.21. The second-order valence-corrected chi connectivity index (χ2v) is 3.49. The highest BCUT2D eigenvalue weighted by atomic mass is 16.5. The molecule has 0 aromatic heterocycles. The first-order valence-corrected chi connectivity index (χ1v) is 4.40. The summed E-state index contributed by atoms with van der Waals surface area (Å²) in [6.07, 6.45) is 4.05. The molecule has 0 bridgehead atoms. The van der Waals surface area contributed by atoms with Gasteiger partial charge in [0, 0.05) is 13.2 Å². The SMILES string of the molecule is CCC(C)COCC1CC1. The summed E-state index contributed by atoms with van der Waals surface area (Å²) in [6, 6.07) is 0. The molecule has 0 radical (unpaired) electrons. The Morgan fingerprint density at radius 1 is 1.50 bits per heavy atom. The Labute approximate surface area is 63.8 Å². The van der Waals surface area contributed by atoms with Crippen LogP contribution < -0.4 is 0 Å². The van der Waals surface area contributed by atoms with Gasteiger partial charge in [-0.2, -0.15) is 0 Å². The Morgan fingerprint density at radius 3 is 2.70 bits per heavy atom. The van der Waals surface area contributed by atoms with Crippen LogP contribution in [0, 0.1) is 11.8 Å². The molecule has 0 aromatic rings. The predicted octanol–water partition coefficient (Wildman–Crippen LogP) is 2.46. The van der Waals surface area contributed by atoms with E-state index in [0.29, 0.717) is 0 Å². The molecule has 1 nitrogen and oxygen atoms in total.